The van der Waals surface area contributed by atoms with Crippen LogP contribution >= 0.6 is 11.6 Å². The van der Waals surface area contributed by atoms with E-state index in [2.05, 4.69) is 17.3 Å². The summed E-state index contributed by atoms with van der Waals surface area (Å²) in [6.45, 7) is 2.07. The summed E-state index contributed by atoms with van der Waals surface area (Å²) in [6.07, 6.45) is 1.90. The van der Waals surface area contributed by atoms with Crippen LogP contribution in [0.4, 0.5) is 5.82 Å². The molecule has 0 saturated heterocycles. The van der Waals surface area contributed by atoms with Crippen LogP contribution in [0.25, 0.3) is 0 Å². The highest BCUT2D eigenvalue weighted by Crippen LogP contribution is 2.24. The third-order valence-corrected chi connectivity index (χ3v) is 2.79. The fourth-order valence-corrected chi connectivity index (χ4v) is 1.92. The number of aryl methyl sites for hydroxylation is 1. The number of nitrogens with one attached hydrogen (secondary N) is 1. The van der Waals surface area contributed by atoms with E-state index in [1.807, 2.05) is 43.6 Å². The Hall–Kier alpha value is -1.48. The predicted molar refractivity (Wildman–Crippen MR) is 66.7 cm³/mol. The van der Waals surface area contributed by atoms with Crippen molar-refractivity contribution in [2.24, 2.45) is 7.05 Å². The highest BCUT2D eigenvalue weighted by Gasteiger charge is 2.09. The van der Waals surface area contributed by atoms with E-state index in [9.17, 15) is 0 Å². The second-order valence-electron chi connectivity index (χ2n) is 3.76. The molecule has 0 aliphatic carbocycles. The second kappa shape index (κ2) is 4.58. The zero-order chi connectivity index (χ0) is 11.5. The molecule has 16 heavy (non-hydrogen) atoms. The van der Waals surface area contributed by atoms with Crippen molar-refractivity contribution in [2.75, 3.05) is 5.32 Å². The molecule has 84 valence electrons. The van der Waals surface area contributed by atoms with Crippen LogP contribution in [0.3, 0.4) is 0 Å². The van der Waals surface area contributed by atoms with Crippen LogP contribution in [-0.4, -0.2) is 9.78 Å². The highest BCUT2D eigenvalue weighted by molar-refractivity contribution is 6.31. The molecule has 0 saturated carbocycles. The molecule has 1 unspecified atom stereocenters. The van der Waals surface area contributed by atoms with Gasteiger partial charge in [-0.05, 0) is 18.6 Å². The van der Waals surface area contributed by atoms with E-state index in [-0.39, 0.29) is 6.04 Å². The zero-order valence-electron chi connectivity index (χ0n) is 9.31. The highest BCUT2D eigenvalue weighted by atomic mass is 35.5. The van der Waals surface area contributed by atoms with Gasteiger partial charge in [0.05, 0.1) is 6.04 Å². The molecule has 2 aromatic rings. The Morgan fingerprint density at radius 2 is 2.06 bits per heavy atom. The lowest BCUT2D eigenvalue weighted by atomic mass is 10.1. The SMILES string of the molecule is CC(Nc1ccn(C)n1)c1ccccc1Cl. The average molecular weight is 236 g/mol. The van der Waals surface area contributed by atoms with Crippen molar-refractivity contribution in [3.63, 3.8) is 0 Å². The molecule has 0 amide bonds. The quantitative estimate of drug-likeness (QED) is 0.885. The van der Waals surface area contributed by atoms with Gasteiger partial charge in [0.1, 0.15) is 5.82 Å². The number of nitrogens with zero attached hydrogens (tertiary/aromatic N) is 2. The Kier molecular flexibility index (Phi) is 3.15. The van der Waals surface area contributed by atoms with Crippen LogP contribution in [0.5, 0.6) is 0 Å². The van der Waals surface area contributed by atoms with Gasteiger partial charge in [-0.25, -0.2) is 0 Å². The lowest BCUT2D eigenvalue weighted by Gasteiger charge is -2.14. The number of aromatic nitrogens is 2. The third-order valence-electron chi connectivity index (χ3n) is 2.45. The fourth-order valence-electron chi connectivity index (χ4n) is 1.62. The van der Waals surface area contributed by atoms with Gasteiger partial charge < -0.3 is 5.32 Å². The lowest BCUT2D eigenvalue weighted by molar-refractivity contribution is 0.760. The molecule has 0 bridgehead atoms. The van der Waals surface area contributed by atoms with Crippen LogP contribution in [0.2, 0.25) is 5.02 Å². The van der Waals surface area contributed by atoms with Crippen molar-refractivity contribution in [3.05, 3.63) is 47.1 Å². The summed E-state index contributed by atoms with van der Waals surface area (Å²) in [7, 11) is 1.89. The maximum Gasteiger partial charge on any atom is 0.148 e. The van der Waals surface area contributed by atoms with E-state index in [0.29, 0.717) is 0 Å². The maximum absolute atomic E-state index is 6.12. The predicted octanol–water partition coefficient (Wildman–Crippen LogP) is 3.25. The van der Waals surface area contributed by atoms with Crippen molar-refractivity contribution in [2.45, 2.75) is 13.0 Å². The van der Waals surface area contributed by atoms with E-state index < -0.39 is 0 Å². The maximum atomic E-state index is 6.12. The Morgan fingerprint density at radius 1 is 1.31 bits per heavy atom. The molecule has 0 aliphatic heterocycles. The molecular formula is C12H14ClN3. The zero-order valence-corrected chi connectivity index (χ0v) is 10.1. The molecule has 1 aromatic heterocycles. The first kappa shape index (κ1) is 11.0. The summed E-state index contributed by atoms with van der Waals surface area (Å²) in [4.78, 5) is 0. The molecule has 1 aromatic carbocycles. The third kappa shape index (κ3) is 2.36. The molecule has 3 nitrogen and oxygen atoms in total. The standard InChI is InChI=1S/C12H14ClN3/c1-9(10-5-3-4-6-11(10)13)14-12-7-8-16(2)15-12/h3-9H,1-2H3,(H,14,15). The topological polar surface area (TPSA) is 29.9 Å². The van der Waals surface area contributed by atoms with Crippen LogP contribution < -0.4 is 5.32 Å². The van der Waals surface area contributed by atoms with Crippen LogP contribution in [0.15, 0.2) is 36.5 Å². The Balaban J connectivity index is 2.14. The van der Waals surface area contributed by atoms with Gasteiger partial charge in [0.25, 0.3) is 0 Å². The van der Waals surface area contributed by atoms with Crippen molar-refractivity contribution in [1.29, 1.82) is 0 Å². The average Bonchev–Trinajstić information content (AvgIpc) is 2.64. The lowest BCUT2D eigenvalue weighted by Crippen LogP contribution is -2.07. The molecule has 1 heterocycles. The first-order chi connectivity index (χ1) is 7.66. The van der Waals surface area contributed by atoms with Crippen molar-refractivity contribution >= 4 is 17.4 Å². The number of hydrogen-bond acceptors (Lipinski definition) is 2. The van der Waals surface area contributed by atoms with Crippen molar-refractivity contribution in [3.8, 4) is 0 Å². The van der Waals surface area contributed by atoms with Crippen molar-refractivity contribution < 1.29 is 0 Å². The van der Waals surface area contributed by atoms with Gasteiger partial charge in [0, 0.05) is 24.3 Å². The number of anilines is 1. The Morgan fingerprint density at radius 3 is 2.69 bits per heavy atom. The largest absolute Gasteiger partial charge is 0.362 e. The van der Waals surface area contributed by atoms with Crippen LogP contribution in [0.1, 0.15) is 18.5 Å². The second-order valence-corrected chi connectivity index (χ2v) is 4.17. The first-order valence-corrected chi connectivity index (χ1v) is 5.55. The van der Waals surface area contributed by atoms with Gasteiger partial charge in [-0.15, -0.1) is 0 Å². The minimum absolute atomic E-state index is 0.142. The van der Waals surface area contributed by atoms with Gasteiger partial charge in [0.15, 0.2) is 0 Å². The molecule has 1 atom stereocenters. The smallest absolute Gasteiger partial charge is 0.148 e. The molecule has 4 heteroatoms. The molecular weight excluding hydrogens is 222 g/mol. The van der Waals surface area contributed by atoms with E-state index in [1.54, 1.807) is 4.68 Å². The fraction of sp³-hybridized carbons (Fsp3) is 0.250. The van der Waals surface area contributed by atoms with Crippen LogP contribution in [-0.2, 0) is 7.05 Å². The van der Waals surface area contributed by atoms with Crippen molar-refractivity contribution in [1.82, 2.24) is 9.78 Å². The summed E-state index contributed by atoms with van der Waals surface area (Å²) in [5, 5.41) is 8.35. The molecule has 0 aliphatic rings. The van der Waals surface area contributed by atoms with Gasteiger partial charge in [0.2, 0.25) is 0 Å². The Labute approximate surface area is 100 Å². The van der Waals surface area contributed by atoms with Gasteiger partial charge in [-0.2, -0.15) is 5.10 Å². The van der Waals surface area contributed by atoms with Crippen LogP contribution in [0, 0.1) is 0 Å². The van der Waals surface area contributed by atoms with Gasteiger partial charge in [-0.3, -0.25) is 4.68 Å². The van der Waals surface area contributed by atoms with E-state index >= 15 is 0 Å². The van der Waals surface area contributed by atoms with Gasteiger partial charge in [-0.1, -0.05) is 29.8 Å². The molecule has 0 radical (unpaired) electrons. The van der Waals surface area contributed by atoms with E-state index in [1.165, 1.54) is 0 Å². The summed E-state index contributed by atoms with van der Waals surface area (Å²) < 4.78 is 1.77. The summed E-state index contributed by atoms with van der Waals surface area (Å²) >= 11 is 6.12. The normalized spacial score (nSPS) is 12.4. The molecule has 0 fully saturated rings. The Bertz CT molecular complexity index is 479. The minimum Gasteiger partial charge on any atom is -0.362 e. The van der Waals surface area contributed by atoms with E-state index in [0.717, 1.165) is 16.4 Å². The number of rotatable bonds is 3. The number of benzene rings is 1. The monoisotopic (exact) mass is 235 g/mol. The summed E-state index contributed by atoms with van der Waals surface area (Å²) in [6, 6.07) is 9.91. The molecule has 2 rings (SSSR count). The number of hydrogen-bond donors (Lipinski definition) is 1. The molecule has 1 N–H and O–H groups in total. The first-order valence-electron chi connectivity index (χ1n) is 5.17. The van der Waals surface area contributed by atoms with Gasteiger partial charge >= 0.3 is 0 Å². The summed E-state index contributed by atoms with van der Waals surface area (Å²) in [5.74, 6) is 0.856. The number of halogens is 1. The van der Waals surface area contributed by atoms with E-state index in [4.69, 9.17) is 11.6 Å². The minimum atomic E-state index is 0.142. The molecule has 0 spiro atoms. The summed E-state index contributed by atoms with van der Waals surface area (Å²) in [5.41, 5.74) is 1.08.